The van der Waals surface area contributed by atoms with E-state index < -0.39 is 6.29 Å². The number of anilines is 1. The van der Waals surface area contributed by atoms with E-state index in [2.05, 4.69) is 9.72 Å². The van der Waals surface area contributed by atoms with Crippen molar-refractivity contribution >= 4 is 17.3 Å². The Kier molecular flexibility index (Phi) is 2.86. The first-order valence-electron chi connectivity index (χ1n) is 3.27. The van der Waals surface area contributed by atoms with Gasteiger partial charge in [0.25, 0.3) is 0 Å². The van der Waals surface area contributed by atoms with Crippen LogP contribution in [0.3, 0.4) is 0 Å². The molecule has 66 valence electrons. The summed E-state index contributed by atoms with van der Waals surface area (Å²) in [6, 6.07) is 1.52. The van der Waals surface area contributed by atoms with Gasteiger partial charge in [-0.2, -0.15) is 0 Å². The van der Waals surface area contributed by atoms with Crippen LogP contribution in [-0.2, 0) is 4.74 Å². The summed E-state index contributed by atoms with van der Waals surface area (Å²) >= 11 is 5.66. The molecule has 0 bridgehead atoms. The molecule has 0 aliphatic carbocycles. The minimum absolute atomic E-state index is 0.193. The number of aliphatic hydroxyl groups is 1. The Morgan fingerprint density at radius 3 is 3.00 bits per heavy atom. The first-order valence-corrected chi connectivity index (χ1v) is 3.64. The highest BCUT2D eigenvalue weighted by Gasteiger charge is 2.11. The van der Waals surface area contributed by atoms with Gasteiger partial charge >= 0.3 is 0 Å². The van der Waals surface area contributed by atoms with Crippen LogP contribution in [0.25, 0.3) is 0 Å². The normalized spacial score (nSPS) is 12.9. The summed E-state index contributed by atoms with van der Waals surface area (Å²) in [7, 11) is 1.37. The standard InChI is InChI=1S/C7H9ClN2O2/c1-12-7(11)5-2-4(9)3-10-6(5)8/h2-3,7,11H,9H2,1H3. The second kappa shape index (κ2) is 3.71. The lowest BCUT2D eigenvalue weighted by Crippen LogP contribution is -2.02. The quantitative estimate of drug-likeness (QED) is 0.536. The topological polar surface area (TPSA) is 68.4 Å². The zero-order chi connectivity index (χ0) is 9.14. The van der Waals surface area contributed by atoms with E-state index in [4.69, 9.17) is 17.3 Å². The van der Waals surface area contributed by atoms with Gasteiger partial charge in [-0.3, -0.25) is 0 Å². The van der Waals surface area contributed by atoms with Crippen molar-refractivity contribution < 1.29 is 9.84 Å². The van der Waals surface area contributed by atoms with Crippen LogP contribution in [0.1, 0.15) is 11.9 Å². The smallest absolute Gasteiger partial charge is 0.183 e. The van der Waals surface area contributed by atoms with Gasteiger partial charge in [0.15, 0.2) is 6.29 Å². The van der Waals surface area contributed by atoms with Crippen molar-refractivity contribution in [1.29, 1.82) is 0 Å². The molecule has 1 rings (SSSR count). The molecule has 0 amide bonds. The molecule has 1 atom stereocenters. The molecule has 0 radical (unpaired) electrons. The van der Waals surface area contributed by atoms with Crippen molar-refractivity contribution in [3.63, 3.8) is 0 Å². The van der Waals surface area contributed by atoms with Gasteiger partial charge < -0.3 is 15.6 Å². The fraction of sp³-hybridized carbons (Fsp3) is 0.286. The number of nitrogen functional groups attached to an aromatic ring is 1. The third kappa shape index (κ3) is 1.85. The Bertz CT molecular complexity index is 280. The molecule has 0 fully saturated rings. The van der Waals surface area contributed by atoms with Gasteiger partial charge in [-0.25, -0.2) is 4.98 Å². The van der Waals surface area contributed by atoms with Crippen LogP contribution in [0.2, 0.25) is 5.15 Å². The van der Waals surface area contributed by atoms with E-state index in [9.17, 15) is 5.11 Å². The van der Waals surface area contributed by atoms with Gasteiger partial charge in [0.2, 0.25) is 0 Å². The average Bonchev–Trinajstić information content (AvgIpc) is 2.08. The van der Waals surface area contributed by atoms with E-state index in [1.807, 2.05) is 0 Å². The number of halogens is 1. The Morgan fingerprint density at radius 1 is 1.75 bits per heavy atom. The number of pyridine rings is 1. The van der Waals surface area contributed by atoms with Crippen LogP contribution >= 0.6 is 11.6 Å². The lowest BCUT2D eigenvalue weighted by molar-refractivity contribution is -0.0770. The second-order valence-corrected chi connectivity index (χ2v) is 2.59. The predicted octanol–water partition coefficient (Wildman–Crippen LogP) is 0.955. The number of ether oxygens (including phenoxy) is 1. The monoisotopic (exact) mass is 188 g/mol. The molecule has 0 aliphatic rings. The van der Waals surface area contributed by atoms with Gasteiger partial charge in [0.1, 0.15) is 5.15 Å². The van der Waals surface area contributed by atoms with Crippen LogP contribution in [-0.4, -0.2) is 17.2 Å². The van der Waals surface area contributed by atoms with Crippen molar-refractivity contribution in [3.05, 3.63) is 23.0 Å². The zero-order valence-corrected chi connectivity index (χ0v) is 7.25. The SMILES string of the molecule is COC(O)c1cc(N)cnc1Cl. The highest BCUT2D eigenvalue weighted by molar-refractivity contribution is 6.30. The first kappa shape index (κ1) is 9.25. The molecule has 0 saturated carbocycles. The fourth-order valence-electron chi connectivity index (χ4n) is 0.782. The Balaban J connectivity index is 3.04. The number of rotatable bonds is 2. The van der Waals surface area contributed by atoms with E-state index in [0.29, 0.717) is 11.3 Å². The van der Waals surface area contributed by atoms with E-state index in [0.717, 1.165) is 0 Å². The number of hydrogen-bond donors (Lipinski definition) is 2. The summed E-state index contributed by atoms with van der Waals surface area (Å²) < 4.78 is 4.65. The van der Waals surface area contributed by atoms with Crippen LogP contribution in [0.15, 0.2) is 12.3 Å². The third-order valence-electron chi connectivity index (χ3n) is 1.38. The maximum Gasteiger partial charge on any atom is 0.183 e. The maximum absolute atomic E-state index is 9.23. The molecule has 0 saturated heterocycles. The molecule has 12 heavy (non-hydrogen) atoms. The molecule has 1 aromatic heterocycles. The summed E-state index contributed by atoms with van der Waals surface area (Å²) in [6.07, 6.45) is 0.335. The highest BCUT2D eigenvalue weighted by atomic mass is 35.5. The van der Waals surface area contributed by atoms with Crippen LogP contribution in [0, 0.1) is 0 Å². The fourth-order valence-corrected chi connectivity index (χ4v) is 0.979. The largest absolute Gasteiger partial charge is 0.397 e. The molecular formula is C7H9ClN2O2. The average molecular weight is 189 g/mol. The van der Waals surface area contributed by atoms with E-state index in [1.165, 1.54) is 19.4 Å². The van der Waals surface area contributed by atoms with Crippen molar-refractivity contribution in [3.8, 4) is 0 Å². The number of aromatic nitrogens is 1. The minimum Gasteiger partial charge on any atom is -0.397 e. The Hall–Kier alpha value is -0.840. The summed E-state index contributed by atoms with van der Waals surface area (Å²) in [4.78, 5) is 3.75. The molecule has 1 aromatic rings. The van der Waals surface area contributed by atoms with Crippen LogP contribution in [0.4, 0.5) is 5.69 Å². The lowest BCUT2D eigenvalue weighted by atomic mass is 10.2. The summed E-state index contributed by atoms with van der Waals surface area (Å²) in [6.45, 7) is 0. The lowest BCUT2D eigenvalue weighted by Gasteiger charge is -2.09. The first-order chi connectivity index (χ1) is 5.65. The molecule has 3 N–H and O–H groups in total. The predicted molar refractivity (Wildman–Crippen MR) is 45.6 cm³/mol. The number of aliphatic hydroxyl groups excluding tert-OH is 1. The molecule has 5 heteroatoms. The van der Waals surface area contributed by atoms with Crippen molar-refractivity contribution in [2.45, 2.75) is 6.29 Å². The molecular weight excluding hydrogens is 180 g/mol. The molecule has 4 nitrogen and oxygen atoms in total. The van der Waals surface area contributed by atoms with Gasteiger partial charge in [-0.1, -0.05) is 11.6 Å². The molecule has 0 aromatic carbocycles. The molecule has 1 unspecified atom stereocenters. The van der Waals surface area contributed by atoms with Crippen molar-refractivity contribution in [1.82, 2.24) is 4.98 Å². The number of nitrogens with zero attached hydrogens (tertiary/aromatic N) is 1. The maximum atomic E-state index is 9.23. The van der Waals surface area contributed by atoms with Crippen LogP contribution in [0.5, 0.6) is 0 Å². The number of methoxy groups -OCH3 is 1. The highest BCUT2D eigenvalue weighted by Crippen LogP contribution is 2.22. The molecule has 1 heterocycles. The van der Waals surface area contributed by atoms with Crippen LogP contribution < -0.4 is 5.73 Å². The van der Waals surface area contributed by atoms with Gasteiger partial charge in [-0.05, 0) is 6.07 Å². The number of hydrogen-bond acceptors (Lipinski definition) is 4. The summed E-state index contributed by atoms with van der Waals surface area (Å²) in [5.41, 5.74) is 6.24. The molecule has 0 spiro atoms. The van der Waals surface area contributed by atoms with Gasteiger partial charge in [-0.15, -0.1) is 0 Å². The number of nitrogens with two attached hydrogens (primary N) is 1. The van der Waals surface area contributed by atoms with E-state index in [-0.39, 0.29) is 5.15 Å². The van der Waals surface area contributed by atoms with E-state index in [1.54, 1.807) is 0 Å². The minimum atomic E-state index is -1.08. The summed E-state index contributed by atoms with van der Waals surface area (Å²) in [5, 5.41) is 9.43. The van der Waals surface area contributed by atoms with Crippen molar-refractivity contribution in [2.75, 3.05) is 12.8 Å². The van der Waals surface area contributed by atoms with Gasteiger partial charge in [0, 0.05) is 12.7 Å². The van der Waals surface area contributed by atoms with E-state index >= 15 is 0 Å². The molecule has 0 aliphatic heterocycles. The Labute approximate surface area is 74.9 Å². The second-order valence-electron chi connectivity index (χ2n) is 2.24. The zero-order valence-electron chi connectivity index (χ0n) is 6.49. The van der Waals surface area contributed by atoms with Crippen molar-refractivity contribution in [2.24, 2.45) is 0 Å². The Morgan fingerprint density at radius 2 is 2.42 bits per heavy atom. The third-order valence-corrected chi connectivity index (χ3v) is 1.69. The summed E-state index contributed by atoms with van der Waals surface area (Å²) in [5.74, 6) is 0. The van der Waals surface area contributed by atoms with Gasteiger partial charge in [0.05, 0.1) is 11.9 Å².